The molecule has 0 saturated carbocycles. The highest BCUT2D eigenvalue weighted by molar-refractivity contribution is 5.91. The van der Waals surface area contributed by atoms with Crippen LogP contribution >= 0.6 is 0 Å². The van der Waals surface area contributed by atoms with Crippen molar-refractivity contribution in [2.45, 2.75) is 19.4 Å². The van der Waals surface area contributed by atoms with Gasteiger partial charge in [-0.3, -0.25) is 9.69 Å². The zero-order valence-electron chi connectivity index (χ0n) is 9.88. The molecule has 0 aromatic heterocycles. The summed E-state index contributed by atoms with van der Waals surface area (Å²) >= 11 is 0. The summed E-state index contributed by atoms with van der Waals surface area (Å²) in [5.41, 5.74) is 0.757. The highest BCUT2D eigenvalue weighted by atomic mass is 16.4. The van der Waals surface area contributed by atoms with Gasteiger partial charge in [0.15, 0.2) is 0 Å². The summed E-state index contributed by atoms with van der Waals surface area (Å²) in [6.45, 7) is 1.66. The number of amides is 2. The van der Waals surface area contributed by atoms with Gasteiger partial charge in [-0.15, -0.1) is 0 Å². The monoisotopic (exact) mass is 236 g/mol. The molecule has 5 heteroatoms. The average molecular weight is 236 g/mol. The smallest absolute Gasteiger partial charge is 0.321 e. The second kappa shape index (κ2) is 5.89. The van der Waals surface area contributed by atoms with Crippen molar-refractivity contribution < 1.29 is 14.7 Å². The molecule has 1 rings (SSSR count). The number of carbonyl (C=O) groups is 2. The molecule has 0 aliphatic carbocycles. The molecular weight excluding hydrogens is 220 g/mol. The van der Waals surface area contributed by atoms with Crippen molar-refractivity contribution >= 4 is 17.7 Å². The van der Waals surface area contributed by atoms with Gasteiger partial charge in [-0.05, 0) is 19.1 Å². The number of carboxylic acids is 1. The molecule has 0 aliphatic rings. The highest BCUT2D eigenvalue weighted by Gasteiger charge is 2.14. The van der Waals surface area contributed by atoms with Crippen LogP contribution in [0.2, 0.25) is 0 Å². The van der Waals surface area contributed by atoms with E-state index in [1.807, 2.05) is 18.2 Å². The Kier molecular flexibility index (Phi) is 4.51. The lowest BCUT2D eigenvalue weighted by Crippen LogP contribution is -2.42. The lowest BCUT2D eigenvalue weighted by molar-refractivity contribution is -0.137. The first-order chi connectivity index (χ1) is 8.00. The summed E-state index contributed by atoms with van der Waals surface area (Å²) in [6, 6.07) is 8.43. The topological polar surface area (TPSA) is 69.6 Å². The van der Waals surface area contributed by atoms with Crippen LogP contribution in [0, 0.1) is 0 Å². The molecule has 0 aliphatic heterocycles. The lowest BCUT2D eigenvalue weighted by Gasteiger charge is -2.20. The zero-order valence-corrected chi connectivity index (χ0v) is 9.88. The van der Waals surface area contributed by atoms with Crippen molar-refractivity contribution in [3.05, 3.63) is 30.3 Å². The fraction of sp³-hybridized carbons (Fsp3) is 0.333. The molecule has 5 nitrogen and oxygen atoms in total. The normalized spacial score (nSPS) is 11.6. The Labute approximate surface area is 100 Å². The van der Waals surface area contributed by atoms with Crippen LogP contribution in [0.15, 0.2) is 30.3 Å². The van der Waals surface area contributed by atoms with Crippen molar-refractivity contribution in [2.24, 2.45) is 0 Å². The van der Waals surface area contributed by atoms with Crippen molar-refractivity contribution in [3.63, 3.8) is 0 Å². The standard InChI is InChI=1S/C12H16N2O3/c1-9(8-11(15)16)13-12(17)14(2)10-6-4-3-5-7-10/h3-7,9H,8H2,1-2H3,(H,13,17)(H,15,16). The first-order valence-electron chi connectivity index (χ1n) is 5.31. The van der Waals surface area contributed by atoms with E-state index in [2.05, 4.69) is 5.32 Å². The summed E-state index contributed by atoms with van der Waals surface area (Å²) in [4.78, 5) is 23.7. The summed E-state index contributed by atoms with van der Waals surface area (Å²) in [5.74, 6) is -0.930. The Morgan fingerprint density at radius 2 is 1.94 bits per heavy atom. The third kappa shape index (κ3) is 4.14. The van der Waals surface area contributed by atoms with Gasteiger partial charge in [-0.1, -0.05) is 18.2 Å². The molecule has 0 heterocycles. The molecule has 17 heavy (non-hydrogen) atoms. The molecule has 1 aromatic carbocycles. The van der Waals surface area contributed by atoms with E-state index in [-0.39, 0.29) is 12.5 Å². The Balaban J connectivity index is 2.56. The van der Waals surface area contributed by atoms with Crippen LogP contribution in [0.5, 0.6) is 0 Å². The SMILES string of the molecule is CC(CC(=O)O)NC(=O)N(C)c1ccccc1. The number of carbonyl (C=O) groups excluding carboxylic acids is 1. The van der Waals surface area contributed by atoms with Crippen molar-refractivity contribution in [1.29, 1.82) is 0 Å². The van der Waals surface area contributed by atoms with E-state index in [1.54, 1.807) is 26.1 Å². The summed E-state index contributed by atoms with van der Waals surface area (Å²) < 4.78 is 0. The number of nitrogens with one attached hydrogen (secondary N) is 1. The van der Waals surface area contributed by atoms with E-state index >= 15 is 0 Å². The minimum Gasteiger partial charge on any atom is -0.481 e. The van der Waals surface area contributed by atoms with Crippen LogP contribution in [0.1, 0.15) is 13.3 Å². The summed E-state index contributed by atoms with van der Waals surface area (Å²) in [5, 5.41) is 11.2. The van der Waals surface area contributed by atoms with Crippen LogP contribution in [-0.4, -0.2) is 30.2 Å². The quantitative estimate of drug-likeness (QED) is 0.835. The first-order valence-corrected chi connectivity index (χ1v) is 5.31. The number of hydrogen-bond acceptors (Lipinski definition) is 2. The first kappa shape index (κ1) is 13.0. The van der Waals surface area contributed by atoms with Gasteiger partial charge < -0.3 is 10.4 Å². The van der Waals surface area contributed by atoms with Crippen LogP contribution in [0.3, 0.4) is 0 Å². The van der Waals surface area contributed by atoms with E-state index in [9.17, 15) is 9.59 Å². The van der Waals surface area contributed by atoms with Gasteiger partial charge >= 0.3 is 12.0 Å². The van der Waals surface area contributed by atoms with Gasteiger partial charge in [-0.25, -0.2) is 4.79 Å². The van der Waals surface area contributed by atoms with E-state index in [4.69, 9.17) is 5.11 Å². The number of nitrogens with zero attached hydrogens (tertiary/aromatic N) is 1. The maximum absolute atomic E-state index is 11.8. The molecular formula is C12H16N2O3. The van der Waals surface area contributed by atoms with Crippen LogP contribution in [-0.2, 0) is 4.79 Å². The molecule has 1 unspecified atom stereocenters. The number of urea groups is 1. The van der Waals surface area contributed by atoms with E-state index in [1.165, 1.54) is 4.90 Å². The number of benzene rings is 1. The summed E-state index contributed by atoms with van der Waals surface area (Å²) in [7, 11) is 1.64. The zero-order chi connectivity index (χ0) is 12.8. The number of para-hydroxylation sites is 1. The fourth-order valence-corrected chi connectivity index (χ4v) is 1.39. The Bertz CT molecular complexity index is 392. The summed E-state index contributed by atoms with van der Waals surface area (Å²) in [6.07, 6.45) is -0.0889. The minimum atomic E-state index is -0.930. The van der Waals surface area contributed by atoms with E-state index in [0.29, 0.717) is 0 Å². The number of hydrogen-bond donors (Lipinski definition) is 2. The molecule has 0 bridgehead atoms. The van der Waals surface area contributed by atoms with Crippen LogP contribution < -0.4 is 10.2 Å². The molecule has 0 spiro atoms. The molecule has 1 aromatic rings. The number of rotatable bonds is 4. The van der Waals surface area contributed by atoms with Crippen molar-refractivity contribution in [3.8, 4) is 0 Å². The van der Waals surface area contributed by atoms with Gasteiger partial charge in [0.05, 0.1) is 6.42 Å². The average Bonchev–Trinajstić information content (AvgIpc) is 2.28. The second-order valence-corrected chi connectivity index (χ2v) is 3.84. The minimum absolute atomic E-state index is 0.0889. The fourth-order valence-electron chi connectivity index (χ4n) is 1.39. The maximum atomic E-state index is 11.8. The molecule has 0 radical (unpaired) electrons. The molecule has 0 saturated heterocycles. The third-order valence-electron chi connectivity index (χ3n) is 2.30. The predicted octanol–water partition coefficient (Wildman–Crippen LogP) is 1.70. The lowest BCUT2D eigenvalue weighted by atomic mass is 10.2. The number of aliphatic carboxylic acids is 1. The Morgan fingerprint density at radius 1 is 1.35 bits per heavy atom. The predicted molar refractivity (Wildman–Crippen MR) is 65.1 cm³/mol. The maximum Gasteiger partial charge on any atom is 0.321 e. The van der Waals surface area contributed by atoms with Crippen LogP contribution in [0.4, 0.5) is 10.5 Å². The Morgan fingerprint density at radius 3 is 2.47 bits per heavy atom. The van der Waals surface area contributed by atoms with Gasteiger partial charge in [-0.2, -0.15) is 0 Å². The largest absolute Gasteiger partial charge is 0.481 e. The Hall–Kier alpha value is -2.04. The van der Waals surface area contributed by atoms with Crippen molar-refractivity contribution in [2.75, 3.05) is 11.9 Å². The van der Waals surface area contributed by atoms with Gasteiger partial charge in [0.1, 0.15) is 0 Å². The van der Waals surface area contributed by atoms with Crippen LogP contribution in [0.25, 0.3) is 0 Å². The van der Waals surface area contributed by atoms with Gasteiger partial charge in [0.2, 0.25) is 0 Å². The number of carboxylic acid groups (broad SMARTS) is 1. The van der Waals surface area contributed by atoms with E-state index < -0.39 is 12.0 Å². The molecule has 0 fully saturated rings. The highest BCUT2D eigenvalue weighted by Crippen LogP contribution is 2.11. The van der Waals surface area contributed by atoms with Gasteiger partial charge in [0.25, 0.3) is 0 Å². The molecule has 2 N–H and O–H groups in total. The molecule has 92 valence electrons. The van der Waals surface area contributed by atoms with E-state index in [0.717, 1.165) is 5.69 Å². The van der Waals surface area contributed by atoms with Gasteiger partial charge in [0, 0.05) is 18.8 Å². The molecule has 1 atom stereocenters. The second-order valence-electron chi connectivity index (χ2n) is 3.84. The number of anilines is 1. The molecule has 2 amide bonds. The van der Waals surface area contributed by atoms with Crippen molar-refractivity contribution in [1.82, 2.24) is 5.32 Å². The third-order valence-corrected chi connectivity index (χ3v) is 2.30.